The van der Waals surface area contributed by atoms with Crippen molar-refractivity contribution < 1.29 is 4.79 Å². The number of carbonyl (C=O) groups is 1. The number of benzene rings is 3. The molecular weight excluding hydrogens is 362 g/mol. The van der Waals surface area contributed by atoms with Crippen molar-refractivity contribution in [3.63, 3.8) is 0 Å². The number of hydrogen-bond acceptors (Lipinski definition) is 3. The Hall–Kier alpha value is -4.19. The molecule has 0 fully saturated rings. The SMILES string of the molecule is O=CN(c1ccccc1-c1cnc[nH]1)c1ccccc1-n1cnc2ccccc21. The van der Waals surface area contributed by atoms with Crippen molar-refractivity contribution in [1.82, 2.24) is 19.5 Å². The third-order valence-electron chi connectivity index (χ3n) is 4.91. The van der Waals surface area contributed by atoms with Gasteiger partial charge in [0.1, 0.15) is 6.33 Å². The summed E-state index contributed by atoms with van der Waals surface area (Å²) in [5, 5.41) is 0. The normalized spacial score (nSPS) is 10.9. The van der Waals surface area contributed by atoms with Gasteiger partial charge in [-0.15, -0.1) is 0 Å². The summed E-state index contributed by atoms with van der Waals surface area (Å²) in [6.45, 7) is 0. The predicted octanol–water partition coefficient (Wildman–Crippen LogP) is 4.71. The highest BCUT2D eigenvalue weighted by Crippen LogP contribution is 2.36. The largest absolute Gasteiger partial charge is 0.345 e. The molecule has 6 nitrogen and oxygen atoms in total. The number of imidazole rings is 2. The van der Waals surface area contributed by atoms with Crippen molar-refractivity contribution >= 4 is 28.8 Å². The van der Waals surface area contributed by atoms with Crippen LogP contribution in [0.2, 0.25) is 0 Å². The number of carbonyl (C=O) groups excluding carboxylic acids is 1. The lowest BCUT2D eigenvalue weighted by Crippen LogP contribution is -2.17. The Morgan fingerprint density at radius 1 is 0.897 bits per heavy atom. The van der Waals surface area contributed by atoms with Crippen LogP contribution in [-0.4, -0.2) is 25.9 Å². The highest BCUT2D eigenvalue weighted by molar-refractivity contribution is 5.96. The predicted molar refractivity (Wildman–Crippen MR) is 113 cm³/mol. The third-order valence-corrected chi connectivity index (χ3v) is 4.91. The molecule has 0 radical (unpaired) electrons. The molecule has 0 saturated heterocycles. The quantitative estimate of drug-likeness (QED) is 0.450. The van der Waals surface area contributed by atoms with Crippen LogP contribution in [-0.2, 0) is 4.79 Å². The van der Waals surface area contributed by atoms with Gasteiger partial charge in [-0.3, -0.25) is 14.3 Å². The van der Waals surface area contributed by atoms with E-state index in [-0.39, 0.29) is 0 Å². The first kappa shape index (κ1) is 16.9. The van der Waals surface area contributed by atoms with Crippen molar-refractivity contribution in [3.8, 4) is 16.9 Å². The summed E-state index contributed by atoms with van der Waals surface area (Å²) in [7, 11) is 0. The maximum atomic E-state index is 12.3. The first-order valence-electron chi connectivity index (χ1n) is 9.20. The van der Waals surface area contributed by atoms with Crippen LogP contribution in [0.15, 0.2) is 91.6 Å². The molecule has 6 heteroatoms. The second-order valence-corrected chi connectivity index (χ2v) is 6.55. The molecule has 2 heterocycles. The van der Waals surface area contributed by atoms with E-state index >= 15 is 0 Å². The Kier molecular flexibility index (Phi) is 4.14. The molecule has 29 heavy (non-hydrogen) atoms. The van der Waals surface area contributed by atoms with Crippen molar-refractivity contribution in [2.24, 2.45) is 0 Å². The summed E-state index contributed by atoms with van der Waals surface area (Å²) >= 11 is 0. The van der Waals surface area contributed by atoms with Gasteiger partial charge in [-0.1, -0.05) is 42.5 Å². The molecule has 0 aliphatic carbocycles. The Balaban J connectivity index is 1.70. The van der Waals surface area contributed by atoms with Crippen molar-refractivity contribution in [1.29, 1.82) is 0 Å². The van der Waals surface area contributed by atoms with E-state index in [0.29, 0.717) is 0 Å². The molecule has 0 atom stereocenters. The Bertz CT molecular complexity index is 1290. The average molecular weight is 379 g/mol. The molecule has 0 bridgehead atoms. The summed E-state index contributed by atoms with van der Waals surface area (Å²) in [5.41, 5.74) is 6.01. The molecule has 5 rings (SSSR count). The number of hydrogen-bond donors (Lipinski definition) is 1. The van der Waals surface area contributed by atoms with Crippen LogP contribution in [0.5, 0.6) is 0 Å². The molecule has 0 aliphatic heterocycles. The van der Waals surface area contributed by atoms with E-state index in [1.54, 1.807) is 23.8 Å². The zero-order valence-electron chi connectivity index (χ0n) is 15.4. The molecule has 1 N–H and O–H groups in total. The number of para-hydroxylation sites is 5. The van der Waals surface area contributed by atoms with E-state index in [4.69, 9.17) is 0 Å². The number of H-pyrrole nitrogens is 1. The standard InChI is InChI=1S/C23H17N5O/c29-16-28(20-9-3-1-7-17(20)19-13-24-14-25-19)23-12-6-5-11-22(23)27-15-26-18-8-2-4-10-21(18)27/h1-16H,(H,24,25). The smallest absolute Gasteiger partial charge is 0.218 e. The van der Waals surface area contributed by atoms with Gasteiger partial charge in [-0.05, 0) is 30.3 Å². The van der Waals surface area contributed by atoms with Gasteiger partial charge >= 0.3 is 0 Å². The van der Waals surface area contributed by atoms with Crippen molar-refractivity contribution in [3.05, 3.63) is 91.6 Å². The highest BCUT2D eigenvalue weighted by Gasteiger charge is 2.18. The van der Waals surface area contributed by atoms with Gasteiger partial charge in [0.05, 0.1) is 46.3 Å². The van der Waals surface area contributed by atoms with E-state index < -0.39 is 0 Å². The highest BCUT2D eigenvalue weighted by atomic mass is 16.1. The van der Waals surface area contributed by atoms with Crippen LogP contribution in [0, 0.1) is 0 Å². The fraction of sp³-hybridized carbons (Fsp3) is 0. The number of fused-ring (bicyclic) bond motifs is 1. The van der Waals surface area contributed by atoms with Gasteiger partial charge in [0, 0.05) is 5.56 Å². The summed E-state index contributed by atoms with van der Waals surface area (Å²) < 4.78 is 2.00. The minimum atomic E-state index is 0.762. The first-order valence-corrected chi connectivity index (χ1v) is 9.20. The molecule has 0 spiro atoms. The van der Waals surface area contributed by atoms with E-state index in [1.807, 2.05) is 77.4 Å². The maximum absolute atomic E-state index is 12.3. The van der Waals surface area contributed by atoms with Crippen molar-refractivity contribution in [2.75, 3.05) is 4.90 Å². The fourth-order valence-corrected chi connectivity index (χ4v) is 3.58. The summed E-state index contributed by atoms with van der Waals surface area (Å²) in [4.78, 5) is 25.7. The molecule has 0 aliphatic rings. The molecule has 0 saturated carbocycles. The van der Waals surface area contributed by atoms with Crippen LogP contribution < -0.4 is 4.90 Å². The molecule has 5 aromatic rings. The number of amides is 1. The van der Waals surface area contributed by atoms with Gasteiger partial charge in [0.2, 0.25) is 6.41 Å². The Morgan fingerprint density at radius 2 is 1.66 bits per heavy atom. The summed E-state index contributed by atoms with van der Waals surface area (Å²) in [5.74, 6) is 0. The van der Waals surface area contributed by atoms with Crippen LogP contribution >= 0.6 is 0 Å². The molecular formula is C23H17N5O. The zero-order valence-corrected chi connectivity index (χ0v) is 15.4. The lowest BCUT2D eigenvalue weighted by atomic mass is 10.1. The van der Waals surface area contributed by atoms with E-state index in [9.17, 15) is 4.79 Å². The maximum Gasteiger partial charge on any atom is 0.218 e. The second kappa shape index (κ2) is 7.09. The zero-order chi connectivity index (χ0) is 19.6. The van der Waals surface area contributed by atoms with E-state index in [0.717, 1.165) is 45.8 Å². The van der Waals surface area contributed by atoms with Gasteiger partial charge in [-0.25, -0.2) is 9.97 Å². The number of nitrogens with one attached hydrogen (secondary N) is 1. The van der Waals surface area contributed by atoms with Gasteiger partial charge in [0.15, 0.2) is 0 Å². The molecule has 0 unspecified atom stereocenters. The monoisotopic (exact) mass is 379 g/mol. The van der Waals surface area contributed by atoms with Crippen LogP contribution in [0.4, 0.5) is 11.4 Å². The molecule has 3 aromatic carbocycles. The average Bonchev–Trinajstić information content (AvgIpc) is 3.45. The van der Waals surface area contributed by atoms with E-state index in [2.05, 4.69) is 15.0 Å². The number of rotatable bonds is 5. The number of nitrogens with zero attached hydrogens (tertiary/aromatic N) is 4. The van der Waals surface area contributed by atoms with Gasteiger partial charge in [0.25, 0.3) is 0 Å². The summed E-state index contributed by atoms with van der Waals surface area (Å²) in [6, 6.07) is 23.5. The number of anilines is 2. The third kappa shape index (κ3) is 2.87. The molecule has 2 aromatic heterocycles. The minimum Gasteiger partial charge on any atom is -0.345 e. The van der Waals surface area contributed by atoms with Gasteiger partial charge in [-0.2, -0.15) is 0 Å². The van der Waals surface area contributed by atoms with E-state index in [1.165, 1.54) is 0 Å². The Labute approximate surface area is 167 Å². The lowest BCUT2D eigenvalue weighted by molar-refractivity contribution is -0.106. The van der Waals surface area contributed by atoms with Gasteiger partial charge < -0.3 is 4.98 Å². The topological polar surface area (TPSA) is 66.8 Å². The van der Waals surface area contributed by atoms with Crippen LogP contribution in [0.1, 0.15) is 0 Å². The Morgan fingerprint density at radius 3 is 2.48 bits per heavy atom. The molecule has 140 valence electrons. The fourth-order valence-electron chi connectivity index (χ4n) is 3.58. The second-order valence-electron chi connectivity index (χ2n) is 6.55. The van der Waals surface area contributed by atoms with Crippen molar-refractivity contribution in [2.45, 2.75) is 0 Å². The van der Waals surface area contributed by atoms with Crippen LogP contribution in [0.25, 0.3) is 28.0 Å². The first-order chi connectivity index (χ1) is 14.4. The van der Waals surface area contributed by atoms with Crippen LogP contribution in [0.3, 0.4) is 0 Å². The lowest BCUT2D eigenvalue weighted by Gasteiger charge is -2.23. The number of aromatic amines is 1. The number of aromatic nitrogens is 4. The summed E-state index contributed by atoms with van der Waals surface area (Å²) in [6.07, 6.45) is 6.00. The molecule has 1 amide bonds. The minimum absolute atomic E-state index is 0.762.